The molecule has 0 atom stereocenters. The predicted octanol–water partition coefficient (Wildman–Crippen LogP) is 1.65. The maximum atomic E-state index is 12.5. The second kappa shape index (κ2) is 4.83. The van der Waals surface area contributed by atoms with Gasteiger partial charge in [-0.1, -0.05) is 0 Å². The van der Waals surface area contributed by atoms with Crippen molar-refractivity contribution in [3.63, 3.8) is 0 Å². The van der Waals surface area contributed by atoms with Gasteiger partial charge >= 0.3 is 12.1 Å². The van der Waals surface area contributed by atoms with E-state index in [4.69, 9.17) is 5.73 Å². The molecule has 0 fully saturated rings. The van der Waals surface area contributed by atoms with E-state index in [1.165, 1.54) is 0 Å². The molecule has 20 heavy (non-hydrogen) atoms. The molecule has 0 bridgehead atoms. The second-order valence-electron chi connectivity index (χ2n) is 3.78. The van der Waals surface area contributed by atoms with Crippen LogP contribution in [0.2, 0.25) is 0 Å². The molecule has 9 heteroatoms. The molecule has 0 unspecified atom stereocenters. The zero-order chi connectivity index (χ0) is 14.9. The lowest BCUT2D eigenvalue weighted by Crippen LogP contribution is -2.09. The van der Waals surface area contributed by atoms with Crippen molar-refractivity contribution in [1.29, 1.82) is 0 Å². The molecule has 0 aliphatic heterocycles. The minimum atomic E-state index is -4.48. The third-order valence-corrected chi connectivity index (χ3v) is 2.46. The highest BCUT2D eigenvalue weighted by atomic mass is 19.4. The predicted molar refractivity (Wildman–Crippen MR) is 62.1 cm³/mol. The molecular formula is C11H9F3N4O2. The summed E-state index contributed by atoms with van der Waals surface area (Å²) in [4.78, 5) is 14.9. The summed E-state index contributed by atoms with van der Waals surface area (Å²) < 4.78 is 43.0. The lowest BCUT2D eigenvalue weighted by molar-refractivity contribution is -0.137. The summed E-state index contributed by atoms with van der Waals surface area (Å²) >= 11 is 0. The minimum Gasteiger partial charge on any atom is -0.463 e. The Bertz CT molecular complexity index is 651. The Morgan fingerprint density at radius 2 is 2.10 bits per heavy atom. The smallest absolute Gasteiger partial charge is 0.416 e. The van der Waals surface area contributed by atoms with Crippen LogP contribution in [0.5, 0.6) is 0 Å². The van der Waals surface area contributed by atoms with Crippen molar-refractivity contribution >= 4 is 11.7 Å². The number of esters is 1. The summed E-state index contributed by atoms with van der Waals surface area (Å²) in [5.41, 5.74) is 4.74. The number of methoxy groups -OCH3 is 1. The Balaban J connectivity index is 2.39. The van der Waals surface area contributed by atoms with Crippen molar-refractivity contribution < 1.29 is 22.7 Å². The number of hydrogen-bond acceptors (Lipinski definition) is 5. The Hall–Kier alpha value is -2.58. The molecule has 0 aliphatic rings. The molecule has 1 heterocycles. The summed E-state index contributed by atoms with van der Waals surface area (Å²) in [7, 11) is 1.16. The number of aromatic nitrogens is 3. The number of nitrogens with zero attached hydrogens (tertiary/aromatic N) is 3. The van der Waals surface area contributed by atoms with Crippen molar-refractivity contribution in [1.82, 2.24) is 14.8 Å². The topological polar surface area (TPSA) is 83.0 Å². The Morgan fingerprint density at radius 3 is 2.65 bits per heavy atom. The number of rotatable bonds is 2. The van der Waals surface area contributed by atoms with Crippen molar-refractivity contribution in [3.8, 4) is 5.69 Å². The highest BCUT2D eigenvalue weighted by molar-refractivity contribution is 5.84. The molecule has 0 spiro atoms. The number of anilines is 1. The van der Waals surface area contributed by atoms with E-state index in [1.807, 2.05) is 0 Å². The van der Waals surface area contributed by atoms with Gasteiger partial charge in [0.05, 0.1) is 24.0 Å². The van der Waals surface area contributed by atoms with Crippen LogP contribution >= 0.6 is 0 Å². The monoisotopic (exact) mass is 286 g/mol. The molecule has 0 radical (unpaired) electrons. The van der Waals surface area contributed by atoms with Gasteiger partial charge in [-0.05, 0) is 18.2 Å². The summed E-state index contributed by atoms with van der Waals surface area (Å²) in [6.45, 7) is 0. The van der Waals surface area contributed by atoms with E-state index in [1.54, 1.807) is 0 Å². The highest BCUT2D eigenvalue weighted by Gasteiger charge is 2.31. The average Bonchev–Trinajstić information content (AvgIpc) is 2.86. The van der Waals surface area contributed by atoms with Crippen LogP contribution in [-0.4, -0.2) is 27.8 Å². The zero-order valence-electron chi connectivity index (χ0n) is 10.2. The van der Waals surface area contributed by atoms with Crippen molar-refractivity contribution in [3.05, 3.63) is 35.9 Å². The molecule has 2 rings (SSSR count). The van der Waals surface area contributed by atoms with Crippen LogP contribution in [-0.2, 0) is 10.9 Å². The van der Waals surface area contributed by atoms with Gasteiger partial charge in [0.15, 0.2) is 0 Å². The number of hydrogen-bond donors (Lipinski definition) is 1. The lowest BCUT2D eigenvalue weighted by Gasteiger charge is -2.10. The van der Waals surface area contributed by atoms with Crippen molar-refractivity contribution in [2.75, 3.05) is 12.8 Å². The second-order valence-corrected chi connectivity index (χ2v) is 3.78. The van der Waals surface area contributed by atoms with Crippen LogP contribution in [0.3, 0.4) is 0 Å². The third kappa shape index (κ3) is 2.56. The molecule has 2 N–H and O–H groups in total. The maximum Gasteiger partial charge on any atom is 0.416 e. The van der Waals surface area contributed by atoms with Gasteiger partial charge in [-0.3, -0.25) is 0 Å². The lowest BCUT2D eigenvalue weighted by atomic mass is 10.1. The fraction of sp³-hybridized carbons (Fsp3) is 0.182. The first-order chi connectivity index (χ1) is 9.32. The Labute approximate surface area is 111 Å². The first kappa shape index (κ1) is 13.8. The summed E-state index contributed by atoms with van der Waals surface area (Å²) in [6, 6.07) is 2.80. The summed E-state index contributed by atoms with van der Waals surface area (Å²) in [5.74, 6) is -0.971. The van der Waals surface area contributed by atoms with Crippen LogP contribution in [0.4, 0.5) is 18.9 Å². The number of halogens is 3. The van der Waals surface area contributed by atoms with Gasteiger partial charge in [-0.2, -0.15) is 13.2 Å². The number of nitrogen functional groups attached to an aromatic ring is 1. The number of carbonyl (C=O) groups is 1. The third-order valence-electron chi connectivity index (χ3n) is 2.46. The van der Waals surface area contributed by atoms with E-state index in [0.717, 1.165) is 36.3 Å². The molecule has 6 nitrogen and oxygen atoms in total. The van der Waals surface area contributed by atoms with Gasteiger partial charge in [0.25, 0.3) is 5.82 Å². The van der Waals surface area contributed by atoms with Crippen molar-refractivity contribution in [2.24, 2.45) is 0 Å². The summed E-state index contributed by atoms with van der Waals surface area (Å²) in [6.07, 6.45) is -3.32. The Morgan fingerprint density at radius 1 is 1.40 bits per heavy atom. The molecule has 0 saturated heterocycles. The molecule has 1 aromatic heterocycles. The van der Waals surface area contributed by atoms with E-state index >= 15 is 0 Å². The van der Waals surface area contributed by atoms with E-state index in [2.05, 4.69) is 14.8 Å². The molecule has 1 aromatic carbocycles. The molecule has 106 valence electrons. The largest absolute Gasteiger partial charge is 0.463 e. The van der Waals surface area contributed by atoms with Gasteiger partial charge in [0.2, 0.25) is 0 Å². The minimum absolute atomic E-state index is 0.138. The molecule has 0 aliphatic carbocycles. The van der Waals surface area contributed by atoms with Gasteiger partial charge in [0, 0.05) is 0 Å². The number of carbonyl (C=O) groups excluding carboxylic acids is 1. The van der Waals surface area contributed by atoms with Gasteiger partial charge in [-0.15, -0.1) is 5.10 Å². The normalized spacial score (nSPS) is 11.4. The van der Waals surface area contributed by atoms with E-state index in [0.29, 0.717) is 0 Å². The fourth-order valence-corrected chi connectivity index (χ4v) is 1.50. The quantitative estimate of drug-likeness (QED) is 0.670. The highest BCUT2D eigenvalue weighted by Crippen LogP contribution is 2.32. The Kier molecular flexibility index (Phi) is 3.35. The maximum absolute atomic E-state index is 12.5. The summed E-state index contributed by atoms with van der Waals surface area (Å²) in [5, 5.41) is 3.77. The average molecular weight is 286 g/mol. The number of benzene rings is 1. The molecule has 2 aromatic rings. The van der Waals surface area contributed by atoms with Crippen LogP contribution in [0, 0.1) is 0 Å². The van der Waals surface area contributed by atoms with Crippen LogP contribution < -0.4 is 5.73 Å². The van der Waals surface area contributed by atoms with Crippen LogP contribution in [0.25, 0.3) is 5.69 Å². The van der Waals surface area contributed by atoms with Gasteiger partial charge in [-0.25, -0.2) is 14.5 Å². The van der Waals surface area contributed by atoms with Crippen LogP contribution in [0.15, 0.2) is 24.5 Å². The molecular weight excluding hydrogens is 277 g/mol. The van der Waals surface area contributed by atoms with Gasteiger partial charge < -0.3 is 10.5 Å². The number of alkyl halides is 3. The zero-order valence-corrected chi connectivity index (χ0v) is 10.2. The molecule has 0 amide bonds. The first-order valence-electron chi connectivity index (χ1n) is 5.30. The van der Waals surface area contributed by atoms with E-state index in [9.17, 15) is 18.0 Å². The standard InChI is InChI=1S/C11H9F3N4O2/c1-20-10(19)9-16-5-18(17-9)8-3-2-6(4-7(8)15)11(12,13)14/h2-5H,15H2,1H3. The fourth-order valence-electron chi connectivity index (χ4n) is 1.50. The van der Waals surface area contributed by atoms with E-state index < -0.39 is 17.7 Å². The SMILES string of the molecule is COC(=O)c1ncn(-c2ccc(C(F)(F)F)cc2N)n1. The first-order valence-corrected chi connectivity index (χ1v) is 5.30. The van der Waals surface area contributed by atoms with Gasteiger partial charge in [0.1, 0.15) is 6.33 Å². The van der Waals surface area contributed by atoms with Crippen molar-refractivity contribution in [2.45, 2.75) is 6.18 Å². The van der Waals surface area contributed by atoms with Crippen LogP contribution in [0.1, 0.15) is 16.2 Å². The molecule has 0 saturated carbocycles. The number of nitrogens with two attached hydrogens (primary N) is 1. The number of ether oxygens (including phenoxy) is 1. The van der Waals surface area contributed by atoms with E-state index in [-0.39, 0.29) is 17.2 Å².